The van der Waals surface area contributed by atoms with Crippen LogP contribution in [0.2, 0.25) is 0 Å². The Morgan fingerprint density at radius 1 is 1.29 bits per heavy atom. The molecule has 0 spiro atoms. The summed E-state index contributed by atoms with van der Waals surface area (Å²) in [5.74, 6) is -0.297. The molecule has 28 heavy (non-hydrogen) atoms. The highest BCUT2D eigenvalue weighted by Gasteiger charge is 2.27. The molecule has 0 amide bonds. The van der Waals surface area contributed by atoms with Gasteiger partial charge in [-0.3, -0.25) is 4.21 Å². The number of ether oxygens (including phenoxy) is 1. The van der Waals surface area contributed by atoms with Gasteiger partial charge >= 0.3 is 5.97 Å². The smallest absolute Gasteiger partial charge is 0.335 e. The Labute approximate surface area is 170 Å². The van der Waals surface area contributed by atoms with E-state index in [1.807, 2.05) is 18.2 Å². The van der Waals surface area contributed by atoms with Crippen molar-refractivity contribution in [2.45, 2.75) is 35.1 Å². The van der Waals surface area contributed by atoms with Crippen LogP contribution in [-0.2, 0) is 10.8 Å². The number of fused-ring (bicyclic) bond motifs is 4. The molecule has 6 nitrogen and oxygen atoms in total. The highest BCUT2D eigenvalue weighted by atomic mass is 32.2. The molecule has 0 aromatic heterocycles. The number of aromatic carboxylic acids is 1. The van der Waals surface area contributed by atoms with Crippen molar-refractivity contribution in [1.29, 1.82) is 0 Å². The zero-order chi connectivity index (χ0) is 19.7. The number of nitrogens with one attached hydrogen (secondary N) is 1. The zero-order valence-electron chi connectivity index (χ0n) is 15.5. The third-order valence-electron chi connectivity index (χ3n) is 5.13. The Kier molecular flexibility index (Phi) is 5.50. The largest absolute Gasteiger partial charge is 0.490 e. The number of carboxylic acid groups (broad SMARTS) is 1. The van der Waals surface area contributed by atoms with E-state index in [4.69, 9.17) is 4.74 Å². The summed E-state index contributed by atoms with van der Waals surface area (Å²) in [4.78, 5) is 15.2. The highest BCUT2D eigenvalue weighted by molar-refractivity contribution is 8.00. The first-order valence-corrected chi connectivity index (χ1v) is 11.6. The molecule has 2 N–H and O–H groups in total. The van der Waals surface area contributed by atoms with E-state index in [0.717, 1.165) is 47.0 Å². The highest BCUT2D eigenvalue weighted by Crippen LogP contribution is 2.39. The minimum absolute atomic E-state index is 0.219. The van der Waals surface area contributed by atoms with Gasteiger partial charge in [-0.05, 0) is 67.6 Å². The lowest BCUT2D eigenvalue weighted by Crippen LogP contribution is -2.43. The van der Waals surface area contributed by atoms with E-state index < -0.39 is 16.8 Å². The van der Waals surface area contributed by atoms with E-state index in [9.17, 15) is 14.1 Å². The Hall–Kier alpha value is -2.19. The maximum atomic E-state index is 12.0. The molecule has 1 fully saturated rings. The molecule has 2 atom stereocenters. The quantitative estimate of drug-likeness (QED) is 0.714. The molecule has 2 heterocycles. The number of anilines is 2. The van der Waals surface area contributed by atoms with Crippen LogP contribution < -0.4 is 14.4 Å². The van der Waals surface area contributed by atoms with E-state index in [0.29, 0.717) is 12.4 Å². The molecule has 148 valence electrons. The maximum absolute atomic E-state index is 12.0. The van der Waals surface area contributed by atoms with Gasteiger partial charge in [0.05, 0.1) is 27.9 Å². The minimum atomic E-state index is -1.08. The normalized spacial score (nSPS) is 19.9. The van der Waals surface area contributed by atoms with E-state index in [-0.39, 0.29) is 11.6 Å². The number of rotatable bonds is 2. The van der Waals surface area contributed by atoms with Crippen LogP contribution in [-0.4, -0.2) is 40.7 Å². The van der Waals surface area contributed by atoms with Gasteiger partial charge in [-0.1, -0.05) is 0 Å². The fourth-order valence-corrected chi connectivity index (χ4v) is 4.99. The third kappa shape index (κ3) is 3.84. The number of carboxylic acids is 1. The molecule has 2 aliphatic heterocycles. The monoisotopic (exact) mass is 418 g/mol. The SMILES string of the molecule is CS(=O)c1ccc2c(c1)NSc1cc(C(=O)O)ccc1OCC1CCCCN21. The summed E-state index contributed by atoms with van der Waals surface area (Å²) in [7, 11) is -1.08. The fourth-order valence-electron chi connectivity index (χ4n) is 3.65. The number of piperidine rings is 1. The Balaban J connectivity index is 1.77. The van der Waals surface area contributed by atoms with E-state index in [2.05, 4.69) is 9.62 Å². The van der Waals surface area contributed by atoms with Crippen molar-refractivity contribution in [1.82, 2.24) is 0 Å². The molecule has 2 aromatic carbocycles. The lowest BCUT2D eigenvalue weighted by molar-refractivity contribution is 0.0696. The van der Waals surface area contributed by atoms with E-state index in [1.165, 1.54) is 11.9 Å². The molecule has 2 aromatic rings. The van der Waals surface area contributed by atoms with Crippen molar-refractivity contribution in [3.63, 3.8) is 0 Å². The molecule has 2 aliphatic rings. The van der Waals surface area contributed by atoms with Crippen LogP contribution in [0.25, 0.3) is 0 Å². The second-order valence-electron chi connectivity index (χ2n) is 6.96. The van der Waals surface area contributed by atoms with E-state index >= 15 is 0 Å². The van der Waals surface area contributed by atoms with Crippen LogP contribution in [0, 0.1) is 0 Å². The topological polar surface area (TPSA) is 78.9 Å². The molecule has 2 unspecified atom stereocenters. The van der Waals surface area contributed by atoms with Crippen LogP contribution in [0.4, 0.5) is 11.4 Å². The number of carbonyl (C=O) groups is 1. The summed E-state index contributed by atoms with van der Waals surface area (Å²) in [6.45, 7) is 1.49. The van der Waals surface area contributed by atoms with Crippen LogP contribution >= 0.6 is 11.9 Å². The summed E-state index contributed by atoms with van der Waals surface area (Å²) >= 11 is 1.32. The number of hydrogen-bond donors (Lipinski definition) is 2. The number of benzene rings is 2. The summed E-state index contributed by atoms with van der Waals surface area (Å²) < 4.78 is 21.4. The van der Waals surface area contributed by atoms with Crippen molar-refractivity contribution in [3.05, 3.63) is 42.0 Å². The van der Waals surface area contributed by atoms with Crippen molar-refractivity contribution >= 4 is 40.1 Å². The average Bonchev–Trinajstić information content (AvgIpc) is 2.70. The molecule has 1 saturated heterocycles. The minimum Gasteiger partial charge on any atom is -0.490 e. The van der Waals surface area contributed by atoms with Gasteiger partial charge in [-0.25, -0.2) is 4.79 Å². The molecule has 0 bridgehead atoms. The van der Waals surface area contributed by atoms with Gasteiger partial charge in [0, 0.05) is 28.5 Å². The fraction of sp³-hybridized carbons (Fsp3) is 0.350. The van der Waals surface area contributed by atoms with Gasteiger partial charge in [0.1, 0.15) is 12.4 Å². The van der Waals surface area contributed by atoms with Crippen LogP contribution in [0.15, 0.2) is 46.2 Å². The predicted octanol–water partition coefficient (Wildman–Crippen LogP) is 3.99. The molecule has 4 rings (SSSR count). The Morgan fingerprint density at radius 3 is 2.93 bits per heavy atom. The molecule has 0 saturated carbocycles. The third-order valence-corrected chi connectivity index (χ3v) is 6.91. The van der Waals surface area contributed by atoms with Gasteiger partial charge < -0.3 is 19.5 Å². The molecule has 0 radical (unpaired) electrons. The average molecular weight is 419 g/mol. The van der Waals surface area contributed by atoms with Crippen molar-refractivity contribution in [2.24, 2.45) is 0 Å². The predicted molar refractivity (Wildman–Crippen MR) is 112 cm³/mol. The first kappa shape index (κ1) is 19.1. The Bertz CT molecular complexity index is 934. The molecule has 8 heteroatoms. The zero-order valence-corrected chi connectivity index (χ0v) is 17.1. The number of hydrogen-bond acceptors (Lipinski definition) is 6. The molecular formula is C20H22N2O4S2. The van der Waals surface area contributed by atoms with Crippen molar-refractivity contribution < 1.29 is 18.8 Å². The van der Waals surface area contributed by atoms with Gasteiger partial charge in [0.2, 0.25) is 0 Å². The summed E-state index contributed by atoms with van der Waals surface area (Å²) in [5.41, 5.74) is 2.17. The second-order valence-corrected chi connectivity index (χ2v) is 9.19. The van der Waals surface area contributed by atoms with Crippen LogP contribution in [0.1, 0.15) is 29.6 Å². The maximum Gasteiger partial charge on any atom is 0.335 e. The summed E-state index contributed by atoms with van der Waals surface area (Å²) in [6, 6.07) is 11.0. The second kappa shape index (κ2) is 8.05. The molecule has 0 aliphatic carbocycles. The van der Waals surface area contributed by atoms with Crippen molar-refractivity contribution in [2.75, 3.05) is 29.0 Å². The lowest BCUT2D eigenvalue weighted by Gasteiger charge is -2.39. The Morgan fingerprint density at radius 2 is 2.14 bits per heavy atom. The van der Waals surface area contributed by atoms with Gasteiger partial charge in [0.15, 0.2) is 0 Å². The lowest BCUT2D eigenvalue weighted by atomic mass is 10.0. The first-order chi connectivity index (χ1) is 13.5. The van der Waals surface area contributed by atoms with Gasteiger partial charge in [-0.15, -0.1) is 0 Å². The van der Waals surface area contributed by atoms with Crippen molar-refractivity contribution in [3.8, 4) is 5.75 Å². The molecular weight excluding hydrogens is 396 g/mol. The summed E-state index contributed by atoms with van der Waals surface area (Å²) in [6.07, 6.45) is 4.99. The van der Waals surface area contributed by atoms with Gasteiger partial charge in [-0.2, -0.15) is 0 Å². The standard InChI is InChI=1S/C20H22N2O4S2/c1-28(25)15-6-7-17-16(11-15)21-27-19-10-13(20(23)24)5-8-18(19)26-12-14-4-2-3-9-22(14)17/h5-8,10-11,14,21H,2-4,9,12H2,1H3,(H,23,24). The van der Waals surface area contributed by atoms with Crippen LogP contribution in [0.3, 0.4) is 0 Å². The van der Waals surface area contributed by atoms with Gasteiger partial charge in [0.25, 0.3) is 0 Å². The first-order valence-electron chi connectivity index (χ1n) is 9.20. The van der Waals surface area contributed by atoms with E-state index in [1.54, 1.807) is 24.5 Å². The van der Waals surface area contributed by atoms with Crippen LogP contribution in [0.5, 0.6) is 5.75 Å². The summed E-state index contributed by atoms with van der Waals surface area (Å²) in [5, 5.41) is 9.31. The number of nitrogens with zero attached hydrogens (tertiary/aromatic N) is 1.